The topological polar surface area (TPSA) is 62.7 Å². The third kappa shape index (κ3) is 3.11. The van der Waals surface area contributed by atoms with Crippen LogP contribution in [0, 0.1) is 6.92 Å². The molecular weight excluding hydrogens is 282 g/mol. The number of pyridine rings is 1. The highest BCUT2D eigenvalue weighted by atomic mass is 32.1. The number of aryl methyl sites for hydroxylation is 1. The van der Waals surface area contributed by atoms with Gasteiger partial charge in [0, 0.05) is 30.9 Å². The summed E-state index contributed by atoms with van der Waals surface area (Å²) in [4.78, 5) is 15.4. The molecule has 0 aliphatic heterocycles. The van der Waals surface area contributed by atoms with E-state index in [4.69, 9.17) is 0 Å². The Balaban J connectivity index is 1.79. The zero-order chi connectivity index (χ0) is 14.7. The quantitative estimate of drug-likeness (QED) is 0.758. The van der Waals surface area contributed by atoms with Crippen LogP contribution in [-0.4, -0.2) is 28.5 Å². The molecule has 0 saturated carbocycles. The van der Waals surface area contributed by atoms with E-state index in [1.165, 1.54) is 10.4 Å². The summed E-state index contributed by atoms with van der Waals surface area (Å²) in [5.41, 5.74) is 1.21. The van der Waals surface area contributed by atoms with Crippen molar-refractivity contribution in [2.75, 3.05) is 24.2 Å². The van der Waals surface area contributed by atoms with Gasteiger partial charge in [0.05, 0.1) is 5.39 Å². The van der Waals surface area contributed by atoms with Gasteiger partial charge in [-0.05, 0) is 31.0 Å². The van der Waals surface area contributed by atoms with Crippen LogP contribution >= 0.6 is 11.3 Å². The number of nitrogens with one attached hydrogen (secondary N) is 2. The van der Waals surface area contributed by atoms with Crippen molar-refractivity contribution in [1.82, 2.24) is 15.0 Å². The minimum absolute atomic E-state index is 0.647. The summed E-state index contributed by atoms with van der Waals surface area (Å²) < 4.78 is 0. The van der Waals surface area contributed by atoms with Gasteiger partial charge in [-0.15, -0.1) is 11.3 Å². The second-order valence-corrected chi connectivity index (χ2v) is 5.99. The summed E-state index contributed by atoms with van der Waals surface area (Å²) in [6, 6.07) is 6.17. The molecule has 3 rings (SSSR count). The van der Waals surface area contributed by atoms with Gasteiger partial charge in [0.2, 0.25) is 5.95 Å². The van der Waals surface area contributed by atoms with Crippen LogP contribution in [0.25, 0.3) is 10.2 Å². The van der Waals surface area contributed by atoms with E-state index >= 15 is 0 Å². The minimum Gasteiger partial charge on any atom is -0.369 e. The molecule has 5 nitrogen and oxygen atoms in total. The first kappa shape index (κ1) is 13.8. The van der Waals surface area contributed by atoms with Crippen molar-refractivity contribution in [3.8, 4) is 0 Å². The lowest BCUT2D eigenvalue weighted by molar-refractivity contribution is 0.994. The molecule has 3 aromatic heterocycles. The van der Waals surface area contributed by atoms with E-state index in [9.17, 15) is 0 Å². The molecule has 3 heterocycles. The molecule has 108 valence electrons. The third-order valence-electron chi connectivity index (χ3n) is 3.17. The summed E-state index contributed by atoms with van der Waals surface area (Å²) in [6.45, 7) is 2.90. The van der Waals surface area contributed by atoms with Gasteiger partial charge in [0.25, 0.3) is 0 Å². The van der Waals surface area contributed by atoms with Crippen LogP contribution in [0.15, 0.2) is 30.6 Å². The molecule has 0 bridgehead atoms. The molecule has 21 heavy (non-hydrogen) atoms. The summed E-state index contributed by atoms with van der Waals surface area (Å²) in [5.74, 6) is 1.53. The predicted octanol–water partition coefficient (Wildman–Crippen LogP) is 3.09. The van der Waals surface area contributed by atoms with Gasteiger partial charge in [-0.1, -0.05) is 6.07 Å². The van der Waals surface area contributed by atoms with Gasteiger partial charge < -0.3 is 10.6 Å². The Kier molecular flexibility index (Phi) is 3.96. The molecule has 0 radical (unpaired) electrons. The summed E-state index contributed by atoms with van der Waals surface area (Å²) in [6.07, 6.45) is 4.60. The summed E-state index contributed by atoms with van der Waals surface area (Å²) >= 11 is 1.68. The molecule has 0 aliphatic rings. The molecule has 0 saturated heterocycles. The van der Waals surface area contributed by atoms with Gasteiger partial charge in [0.15, 0.2) is 0 Å². The third-order valence-corrected chi connectivity index (χ3v) is 4.11. The average molecular weight is 299 g/mol. The van der Waals surface area contributed by atoms with Crippen LogP contribution < -0.4 is 10.6 Å². The smallest absolute Gasteiger partial charge is 0.225 e. The highest BCUT2D eigenvalue weighted by Crippen LogP contribution is 2.29. The molecule has 0 aromatic carbocycles. The standard InChI is InChI=1S/C15H17N5S/c1-10-8-12-13(19-15(16-2)20-14(12)21-10)18-7-5-11-4-3-6-17-9-11/h3-4,6,8-9H,5,7H2,1-2H3,(H2,16,18,19,20). The lowest BCUT2D eigenvalue weighted by atomic mass is 10.2. The second-order valence-electron chi connectivity index (χ2n) is 4.76. The van der Waals surface area contributed by atoms with Gasteiger partial charge in [-0.2, -0.15) is 4.98 Å². The fraction of sp³-hybridized carbons (Fsp3) is 0.267. The Morgan fingerprint density at radius 1 is 1.29 bits per heavy atom. The maximum absolute atomic E-state index is 4.52. The van der Waals surface area contributed by atoms with Crippen molar-refractivity contribution in [3.05, 3.63) is 41.0 Å². The first-order valence-electron chi connectivity index (χ1n) is 6.85. The van der Waals surface area contributed by atoms with Crippen LogP contribution in [0.1, 0.15) is 10.4 Å². The number of nitrogens with zero attached hydrogens (tertiary/aromatic N) is 3. The van der Waals surface area contributed by atoms with E-state index in [-0.39, 0.29) is 0 Å². The minimum atomic E-state index is 0.647. The molecule has 0 aliphatic carbocycles. The van der Waals surface area contributed by atoms with Gasteiger partial charge >= 0.3 is 0 Å². The van der Waals surface area contributed by atoms with E-state index in [0.717, 1.165) is 29.0 Å². The number of fused-ring (bicyclic) bond motifs is 1. The number of rotatable bonds is 5. The molecule has 0 atom stereocenters. The Morgan fingerprint density at radius 2 is 2.19 bits per heavy atom. The number of thiophene rings is 1. The van der Waals surface area contributed by atoms with E-state index in [0.29, 0.717) is 5.95 Å². The highest BCUT2D eigenvalue weighted by Gasteiger charge is 2.09. The summed E-state index contributed by atoms with van der Waals surface area (Å²) in [7, 11) is 1.83. The Hall–Kier alpha value is -2.21. The highest BCUT2D eigenvalue weighted by molar-refractivity contribution is 7.18. The first-order valence-corrected chi connectivity index (χ1v) is 7.66. The van der Waals surface area contributed by atoms with Crippen molar-refractivity contribution in [2.45, 2.75) is 13.3 Å². The zero-order valence-corrected chi connectivity index (χ0v) is 12.9. The lowest BCUT2D eigenvalue weighted by Crippen LogP contribution is -2.08. The van der Waals surface area contributed by atoms with Crippen LogP contribution in [0.5, 0.6) is 0 Å². The van der Waals surface area contributed by atoms with Crippen molar-refractivity contribution in [2.24, 2.45) is 0 Å². The molecule has 0 unspecified atom stereocenters. The maximum atomic E-state index is 4.52. The van der Waals surface area contributed by atoms with Crippen molar-refractivity contribution >= 4 is 33.3 Å². The van der Waals surface area contributed by atoms with E-state index < -0.39 is 0 Å². The summed E-state index contributed by atoms with van der Waals surface area (Å²) in [5, 5.41) is 7.51. The number of aromatic nitrogens is 3. The molecule has 2 N–H and O–H groups in total. The maximum Gasteiger partial charge on any atom is 0.225 e. The SMILES string of the molecule is CNc1nc(NCCc2cccnc2)c2cc(C)sc2n1. The Labute approximate surface area is 127 Å². The van der Waals surface area contributed by atoms with Crippen molar-refractivity contribution < 1.29 is 0 Å². The van der Waals surface area contributed by atoms with Gasteiger partial charge in [-0.25, -0.2) is 4.98 Å². The predicted molar refractivity (Wildman–Crippen MR) is 88.1 cm³/mol. The molecule has 0 fully saturated rings. The van der Waals surface area contributed by atoms with E-state index in [1.807, 2.05) is 19.3 Å². The fourth-order valence-corrected chi connectivity index (χ4v) is 3.04. The number of hydrogen-bond donors (Lipinski definition) is 2. The zero-order valence-electron chi connectivity index (χ0n) is 12.1. The van der Waals surface area contributed by atoms with Crippen LogP contribution in [0.2, 0.25) is 0 Å². The Morgan fingerprint density at radius 3 is 2.95 bits per heavy atom. The molecule has 3 aromatic rings. The molecular formula is C15H17N5S. The monoisotopic (exact) mass is 299 g/mol. The molecule has 0 spiro atoms. The van der Waals surface area contributed by atoms with Gasteiger partial charge in [-0.3, -0.25) is 4.98 Å². The van der Waals surface area contributed by atoms with Crippen LogP contribution in [0.4, 0.5) is 11.8 Å². The van der Waals surface area contributed by atoms with Gasteiger partial charge in [0.1, 0.15) is 10.6 Å². The molecule has 6 heteroatoms. The number of anilines is 2. The van der Waals surface area contributed by atoms with Crippen molar-refractivity contribution in [3.63, 3.8) is 0 Å². The molecule has 0 amide bonds. The number of hydrogen-bond acceptors (Lipinski definition) is 6. The van der Waals surface area contributed by atoms with Crippen molar-refractivity contribution in [1.29, 1.82) is 0 Å². The Bertz CT molecular complexity index is 738. The first-order chi connectivity index (χ1) is 10.3. The average Bonchev–Trinajstić information content (AvgIpc) is 2.88. The second kappa shape index (κ2) is 6.05. The fourth-order valence-electron chi connectivity index (χ4n) is 2.16. The lowest BCUT2D eigenvalue weighted by Gasteiger charge is -2.08. The van der Waals surface area contributed by atoms with Crippen LogP contribution in [0.3, 0.4) is 0 Å². The normalized spacial score (nSPS) is 10.8. The van der Waals surface area contributed by atoms with E-state index in [2.05, 4.69) is 44.6 Å². The van der Waals surface area contributed by atoms with E-state index in [1.54, 1.807) is 17.5 Å². The largest absolute Gasteiger partial charge is 0.369 e. The van der Waals surface area contributed by atoms with Crippen LogP contribution in [-0.2, 0) is 6.42 Å².